The third-order valence-electron chi connectivity index (χ3n) is 4.28. The van der Waals surface area contributed by atoms with Gasteiger partial charge in [-0.1, -0.05) is 36.0 Å². The highest BCUT2D eigenvalue weighted by Crippen LogP contribution is 2.29. The lowest BCUT2D eigenvalue weighted by molar-refractivity contribution is -0.151. The summed E-state index contributed by atoms with van der Waals surface area (Å²) < 4.78 is 10.8. The molecule has 1 N–H and O–H groups in total. The molecule has 2 aromatic carbocycles. The van der Waals surface area contributed by atoms with E-state index >= 15 is 0 Å². The zero-order chi connectivity index (χ0) is 20.4. The molecule has 0 aliphatic carbocycles. The van der Waals surface area contributed by atoms with Crippen LogP contribution in [0.15, 0.2) is 58.2 Å². The third-order valence-corrected chi connectivity index (χ3v) is 5.08. The predicted molar refractivity (Wildman–Crippen MR) is 108 cm³/mol. The van der Waals surface area contributed by atoms with Gasteiger partial charge in [-0.05, 0) is 31.2 Å². The predicted octanol–water partition coefficient (Wildman–Crippen LogP) is 2.84. The zero-order valence-electron chi connectivity index (χ0n) is 15.5. The van der Waals surface area contributed by atoms with Gasteiger partial charge in [0.1, 0.15) is 17.8 Å². The summed E-state index contributed by atoms with van der Waals surface area (Å²) in [6.07, 6.45) is -1.04. The minimum atomic E-state index is -1.04. The molecule has 0 fully saturated rings. The normalized spacial score (nSPS) is 14.2. The standard InChI is InChI=1S/C20H17N3O5S/c1-12(19(26)23-10-17(24)21-13-6-2-4-8-15(13)23)27-18(25)11-29-20-22-14-7-3-5-9-16(14)28-20/h2-9,12H,10-11H2,1H3,(H,21,24)/t12-/m0/s1. The summed E-state index contributed by atoms with van der Waals surface area (Å²) in [4.78, 5) is 42.4. The number of esters is 1. The van der Waals surface area contributed by atoms with Crippen LogP contribution in [-0.2, 0) is 19.1 Å². The molecule has 1 aliphatic heterocycles. The van der Waals surface area contributed by atoms with Crippen LogP contribution < -0.4 is 10.2 Å². The number of ether oxygens (including phenoxy) is 1. The van der Waals surface area contributed by atoms with Crippen LogP contribution >= 0.6 is 11.8 Å². The lowest BCUT2D eigenvalue weighted by Crippen LogP contribution is -2.47. The molecule has 1 aromatic heterocycles. The Labute approximate surface area is 170 Å². The number of hydrogen-bond donors (Lipinski definition) is 1. The van der Waals surface area contributed by atoms with E-state index in [9.17, 15) is 14.4 Å². The average molecular weight is 411 g/mol. The van der Waals surface area contributed by atoms with Gasteiger partial charge < -0.3 is 14.5 Å². The Hall–Kier alpha value is -3.33. The van der Waals surface area contributed by atoms with E-state index in [-0.39, 0.29) is 18.2 Å². The van der Waals surface area contributed by atoms with Crippen molar-refractivity contribution in [2.45, 2.75) is 18.3 Å². The molecule has 29 heavy (non-hydrogen) atoms. The lowest BCUT2D eigenvalue weighted by atomic mass is 10.1. The molecule has 1 atom stereocenters. The summed E-state index contributed by atoms with van der Waals surface area (Å²) >= 11 is 1.09. The topological polar surface area (TPSA) is 102 Å². The molecular formula is C20H17N3O5S. The first-order valence-electron chi connectivity index (χ1n) is 8.89. The molecule has 2 amide bonds. The number of hydrogen-bond acceptors (Lipinski definition) is 7. The maximum Gasteiger partial charge on any atom is 0.317 e. The maximum absolute atomic E-state index is 12.8. The van der Waals surface area contributed by atoms with Crippen LogP contribution in [0.3, 0.4) is 0 Å². The van der Waals surface area contributed by atoms with Gasteiger partial charge in [-0.15, -0.1) is 0 Å². The summed E-state index contributed by atoms with van der Waals surface area (Å²) in [6, 6.07) is 14.3. The third kappa shape index (κ3) is 4.09. The molecule has 1 aliphatic rings. The zero-order valence-corrected chi connectivity index (χ0v) is 16.3. The number of fused-ring (bicyclic) bond motifs is 2. The van der Waals surface area contributed by atoms with Gasteiger partial charge in [0.05, 0.1) is 11.4 Å². The van der Waals surface area contributed by atoms with E-state index in [0.29, 0.717) is 27.7 Å². The van der Waals surface area contributed by atoms with Crippen molar-refractivity contribution in [1.29, 1.82) is 0 Å². The van der Waals surface area contributed by atoms with Crippen LogP contribution in [-0.4, -0.2) is 41.2 Å². The van der Waals surface area contributed by atoms with Gasteiger partial charge in [0.15, 0.2) is 11.7 Å². The van der Waals surface area contributed by atoms with E-state index < -0.39 is 18.0 Å². The number of anilines is 2. The second kappa shape index (κ2) is 7.96. The van der Waals surface area contributed by atoms with Crippen LogP contribution in [0.25, 0.3) is 11.1 Å². The van der Waals surface area contributed by atoms with E-state index in [0.717, 1.165) is 11.8 Å². The van der Waals surface area contributed by atoms with Crippen molar-refractivity contribution in [3.63, 3.8) is 0 Å². The van der Waals surface area contributed by atoms with Crippen LogP contribution in [0.1, 0.15) is 6.92 Å². The van der Waals surface area contributed by atoms with E-state index in [1.807, 2.05) is 18.2 Å². The summed E-state index contributed by atoms with van der Waals surface area (Å²) in [5, 5.41) is 3.06. The average Bonchev–Trinajstić information content (AvgIpc) is 3.14. The molecule has 0 saturated heterocycles. The fourth-order valence-corrected chi connectivity index (χ4v) is 3.59. The number of aromatic nitrogens is 1. The first-order valence-corrected chi connectivity index (χ1v) is 9.88. The van der Waals surface area contributed by atoms with Gasteiger partial charge in [-0.25, -0.2) is 4.98 Å². The van der Waals surface area contributed by atoms with Gasteiger partial charge in [-0.3, -0.25) is 19.3 Å². The van der Waals surface area contributed by atoms with E-state index in [4.69, 9.17) is 9.15 Å². The molecule has 9 heteroatoms. The molecule has 0 bridgehead atoms. The Kier molecular flexibility index (Phi) is 5.22. The Bertz CT molecular complexity index is 1060. The van der Waals surface area contributed by atoms with Crippen molar-refractivity contribution < 1.29 is 23.5 Å². The Morgan fingerprint density at radius 3 is 2.83 bits per heavy atom. The molecular weight excluding hydrogens is 394 g/mol. The van der Waals surface area contributed by atoms with Gasteiger partial charge in [0.25, 0.3) is 11.1 Å². The van der Waals surface area contributed by atoms with Gasteiger partial charge in [0.2, 0.25) is 5.91 Å². The maximum atomic E-state index is 12.8. The molecule has 0 unspecified atom stereocenters. The SMILES string of the molecule is C[C@H](OC(=O)CSc1nc2ccccc2o1)C(=O)N1CC(=O)Nc2ccccc21. The summed E-state index contributed by atoms with van der Waals surface area (Å²) in [7, 11) is 0. The quantitative estimate of drug-likeness (QED) is 0.509. The number of para-hydroxylation sites is 4. The van der Waals surface area contributed by atoms with Gasteiger partial charge >= 0.3 is 5.97 Å². The highest BCUT2D eigenvalue weighted by atomic mass is 32.2. The van der Waals surface area contributed by atoms with Crippen molar-refractivity contribution in [2.75, 3.05) is 22.5 Å². The van der Waals surface area contributed by atoms with Gasteiger partial charge in [-0.2, -0.15) is 0 Å². The second-order valence-corrected chi connectivity index (χ2v) is 7.28. The van der Waals surface area contributed by atoms with Crippen LogP contribution in [0, 0.1) is 0 Å². The molecule has 0 spiro atoms. The number of benzene rings is 2. The summed E-state index contributed by atoms with van der Waals surface area (Å²) in [5.74, 6) is -1.40. The number of nitrogens with one attached hydrogen (secondary N) is 1. The van der Waals surface area contributed by atoms with Crippen molar-refractivity contribution in [3.05, 3.63) is 48.5 Å². The first kappa shape index (κ1) is 19.0. The number of carbonyl (C=O) groups excluding carboxylic acids is 3. The van der Waals surface area contributed by atoms with Crippen LogP contribution in [0.4, 0.5) is 11.4 Å². The van der Waals surface area contributed by atoms with Crippen LogP contribution in [0.2, 0.25) is 0 Å². The van der Waals surface area contributed by atoms with Crippen molar-refractivity contribution in [1.82, 2.24) is 4.98 Å². The molecule has 148 valence electrons. The Balaban J connectivity index is 1.37. The molecule has 0 radical (unpaired) electrons. The second-order valence-electron chi connectivity index (χ2n) is 6.36. The van der Waals surface area contributed by atoms with E-state index in [1.165, 1.54) is 11.8 Å². The van der Waals surface area contributed by atoms with Crippen LogP contribution in [0.5, 0.6) is 0 Å². The highest BCUT2D eigenvalue weighted by molar-refractivity contribution is 7.99. The number of nitrogens with zero attached hydrogens (tertiary/aromatic N) is 2. The smallest absolute Gasteiger partial charge is 0.317 e. The monoisotopic (exact) mass is 411 g/mol. The fraction of sp³-hybridized carbons (Fsp3) is 0.200. The number of oxazole rings is 1. The lowest BCUT2D eigenvalue weighted by Gasteiger charge is -2.30. The van der Waals surface area contributed by atoms with E-state index in [2.05, 4.69) is 10.3 Å². The number of thioether (sulfide) groups is 1. The number of rotatable bonds is 5. The Morgan fingerprint density at radius 1 is 1.24 bits per heavy atom. The fourth-order valence-electron chi connectivity index (χ4n) is 2.96. The molecule has 3 aromatic rings. The minimum absolute atomic E-state index is 0.0541. The van der Waals surface area contributed by atoms with Gasteiger partial charge in [0, 0.05) is 0 Å². The van der Waals surface area contributed by atoms with Crippen molar-refractivity contribution >= 4 is 52.0 Å². The number of carbonyl (C=O) groups is 3. The molecule has 8 nitrogen and oxygen atoms in total. The minimum Gasteiger partial charge on any atom is -0.452 e. The molecule has 2 heterocycles. The Morgan fingerprint density at radius 2 is 2.00 bits per heavy atom. The largest absolute Gasteiger partial charge is 0.452 e. The molecule has 0 saturated carbocycles. The molecule has 4 rings (SSSR count). The van der Waals surface area contributed by atoms with Crippen molar-refractivity contribution in [2.24, 2.45) is 0 Å². The highest BCUT2D eigenvalue weighted by Gasteiger charge is 2.31. The summed E-state index contributed by atoms with van der Waals surface area (Å²) in [6.45, 7) is 1.36. The van der Waals surface area contributed by atoms with E-state index in [1.54, 1.807) is 30.3 Å². The van der Waals surface area contributed by atoms with Crippen molar-refractivity contribution in [3.8, 4) is 0 Å². The number of amides is 2. The first-order chi connectivity index (χ1) is 14.0. The summed E-state index contributed by atoms with van der Waals surface area (Å²) in [5.41, 5.74) is 2.45.